The van der Waals surface area contributed by atoms with Gasteiger partial charge in [-0.05, 0) is 49.4 Å². The van der Waals surface area contributed by atoms with Crippen molar-refractivity contribution in [3.63, 3.8) is 0 Å². The third-order valence-electron chi connectivity index (χ3n) is 6.00. The van der Waals surface area contributed by atoms with Crippen LogP contribution < -0.4 is 4.90 Å². The van der Waals surface area contributed by atoms with E-state index in [1.54, 1.807) is 27.9 Å². The van der Waals surface area contributed by atoms with Gasteiger partial charge in [0.15, 0.2) is 0 Å². The van der Waals surface area contributed by atoms with Crippen LogP contribution in [0.5, 0.6) is 0 Å². The summed E-state index contributed by atoms with van der Waals surface area (Å²) in [4.78, 5) is 20.2. The molecule has 0 unspecified atom stereocenters. The molecule has 0 saturated heterocycles. The molecule has 6 rings (SSSR count). The van der Waals surface area contributed by atoms with E-state index < -0.39 is 0 Å². The number of aryl methyl sites for hydroxylation is 1. The summed E-state index contributed by atoms with van der Waals surface area (Å²) in [6.45, 7) is 3.24. The van der Waals surface area contributed by atoms with Gasteiger partial charge in [0.1, 0.15) is 11.5 Å². The number of hydrogen-bond donors (Lipinski definition) is 0. The number of halogens is 1. The molecule has 1 aliphatic rings. The van der Waals surface area contributed by atoms with E-state index in [2.05, 4.69) is 4.57 Å². The first kappa shape index (κ1) is 19.4. The van der Waals surface area contributed by atoms with Gasteiger partial charge in [-0.15, -0.1) is 0 Å². The number of hydrogen-bond acceptors (Lipinski definition) is 3. The van der Waals surface area contributed by atoms with Gasteiger partial charge in [-0.1, -0.05) is 35.9 Å². The van der Waals surface area contributed by atoms with Crippen molar-refractivity contribution in [2.75, 3.05) is 11.4 Å². The smallest absolute Gasteiger partial charge is 0.264 e. The van der Waals surface area contributed by atoms with Crippen LogP contribution in [-0.2, 0) is 6.54 Å². The first-order valence-electron chi connectivity index (χ1n) is 10.8. The minimum atomic E-state index is -0.322. The quantitative estimate of drug-likeness (QED) is 0.399. The monoisotopic (exact) mass is 437 g/mol. The van der Waals surface area contributed by atoms with Gasteiger partial charge >= 0.3 is 0 Å². The zero-order chi connectivity index (χ0) is 22.5. The van der Waals surface area contributed by atoms with Crippen LogP contribution in [0, 0.1) is 12.7 Å². The number of anilines is 1. The Balaban J connectivity index is 1.47. The lowest BCUT2D eigenvalue weighted by Gasteiger charge is -2.13. The van der Waals surface area contributed by atoms with E-state index in [0.717, 1.165) is 22.2 Å². The van der Waals surface area contributed by atoms with E-state index in [1.807, 2.05) is 55.5 Å². The normalized spacial score (nSPS) is 13.0. The molecule has 162 valence electrons. The van der Waals surface area contributed by atoms with Crippen molar-refractivity contribution in [3.8, 4) is 16.9 Å². The van der Waals surface area contributed by atoms with Crippen LogP contribution in [0.25, 0.3) is 28.0 Å². The number of aromatic nitrogens is 4. The lowest BCUT2D eigenvalue weighted by atomic mass is 10.1. The average molecular weight is 437 g/mol. The SMILES string of the molecule is Cc1cccc(-c2nn(-c3ccc(F)cc3)cc2C(=O)N2CCn3c2nc2ccccc23)c1. The van der Waals surface area contributed by atoms with E-state index in [4.69, 9.17) is 10.1 Å². The lowest BCUT2D eigenvalue weighted by Crippen LogP contribution is -2.29. The van der Waals surface area contributed by atoms with Crippen LogP contribution in [0.15, 0.2) is 79.0 Å². The molecule has 2 aromatic heterocycles. The third kappa shape index (κ3) is 3.20. The van der Waals surface area contributed by atoms with Gasteiger partial charge in [0.2, 0.25) is 5.95 Å². The fourth-order valence-electron chi connectivity index (χ4n) is 4.39. The van der Waals surface area contributed by atoms with Crippen LogP contribution in [0.2, 0.25) is 0 Å². The van der Waals surface area contributed by atoms with E-state index in [1.165, 1.54) is 12.1 Å². The van der Waals surface area contributed by atoms with Crippen LogP contribution in [0.1, 0.15) is 15.9 Å². The predicted molar refractivity (Wildman–Crippen MR) is 125 cm³/mol. The van der Waals surface area contributed by atoms with Crippen molar-refractivity contribution in [3.05, 3.63) is 95.9 Å². The summed E-state index contributed by atoms with van der Waals surface area (Å²) in [5.41, 5.74) is 5.55. The summed E-state index contributed by atoms with van der Waals surface area (Å²) in [5, 5.41) is 4.73. The molecule has 0 bridgehead atoms. The molecule has 33 heavy (non-hydrogen) atoms. The zero-order valence-corrected chi connectivity index (χ0v) is 17.9. The Morgan fingerprint density at radius 3 is 2.61 bits per heavy atom. The van der Waals surface area contributed by atoms with Gasteiger partial charge < -0.3 is 4.57 Å². The van der Waals surface area contributed by atoms with E-state index in [9.17, 15) is 9.18 Å². The standard InChI is InChI=1S/C26H20FN5O/c1-17-5-4-6-18(15-17)24-21(16-32(29-24)20-11-9-19(27)10-12-20)25(33)31-14-13-30-23-8-3-2-7-22(23)28-26(30)31/h2-12,15-16H,13-14H2,1H3. The minimum absolute atomic E-state index is 0.158. The second kappa shape index (κ2) is 7.41. The Hall–Kier alpha value is -4.26. The number of fused-ring (bicyclic) bond motifs is 3. The molecular weight excluding hydrogens is 417 g/mol. The third-order valence-corrected chi connectivity index (χ3v) is 6.00. The van der Waals surface area contributed by atoms with Crippen molar-refractivity contribution in [1.29, 1.82) is 0 Å². The summed E-state index contributed by atoms with van der Waals surface area (Å²) in [6, 6.07) is 21.9. The molecule has 3 heterocycles. The maximum Gasteiger partial charge on any atom is 0.264 e. The minimum Gasteiger partial charge on any atom is -0.308 e. The lowest BCUT2D eigenvalue weighted by molar-refractivity contribution is 0.0989. The number of amides is 1. The molecule has 1 amide bonds. The molecule has 0 spiro atoms. The highest BCUT2D eigenvalue weighted by molar-refractivity contribution is 6.10. The first-order valence-corrected chi connectivity index (χ1v) is 10.8. The summed E-state index contributed by atoms with van der Waals surface area (Å²) in [7, 11) is 0. The molecule has 0 N–H and O–H groups in total. The highest BCUT2D eigenvalue weighted by Gasteiger charge is 2.32. The Kier molecular flexibility index (Phi) is 4.36. The fourth-order valence-corrected chi connectivity index (χ4v) is 4.39. The molecule has 0 fully saturated rings. The highest BCUT2D eigenvalue weighted by atomic mass is 19.1. The van der Waals surface area contributed by atoms with Crippen LogP contribution in [0.4, 0.5) is 10.3 Å². The van der Waals surface area contributed by atoms with Crippen molar-refractivity contribution < 1.29 is 9.18 Å². The largest absolute Gasteiger partial charge is 0.308 e. The van der Waals surface area contributed by atoms with Gasteiger partial charge in [-0.3, -0.25) is 9.69 Å². The summed E-state index contributed by atoms with van der Waals surface area (Å²) < 4.78 is 17.2. The predicted octanol–water partition coefficient (Wildman–Crippen LogP) is 5.00. The van der Waals surface area contributed by atoms with Crippen LogP contribution in [-0.4, -0.2) is 31.8 Å². The number of carbonyl (C=O) groups is 1. The maximum absolute atomic E-state index is 13.8. The first-order chi connectivity index (χ1) is 16.1. The Bertz CT molecular complexity index is 1520. The summed E-state index contributed by atoms with van der Waals surface area (Å²) >= 11 is 0. The van der Waals surface area contributed by atoms with Crippen molar-refractivity contribution in [2.45, 2.75) is 13.5 Å². The Morgan fingerprint density at radius 1 is 0.970 bits per heavy atom. The molecule has 7 heteroatoms. The van der Waals surface area contributed by atoms with Crippen molar-refractivity contribution in [2.24, 2.45) is 0 Å². The molecule has 0 radical (unpaired) electrons. The molecule has 0 atom stereocenters. The zero-order valence-electron chi connectivity index (χ0n) is 17.9. The summed E-state index contributed by atoms with van der Waals surface area (Å²) in [6.07, 6.45) is 1.72. The molecule has 0 aliphatic carbocycles. The Morgan fingerprint density at radius 2 is 1.79 bits per heavy atom. The molecule has 0 saturated carbocycles. The van der Waals surface area contributed by atoms with Gasteiger partial charge in [0.25, 0.3) is 5.91 Å². The molecular formula is C26H20FN5O. The molecule has 6 nitrogen and oxygen atoms in total. The van der Waals surface area contributed by atoms with Crippen LogP contribution in [0.3, 0.4) is 0 Å². The van der Waals surface area contributed by atoms with E-state index in [0.29, 0.717) is 36.0 Å². The number of benzene rings is 3. The maximum atomic E-state index is 13.8. The average Bonchev–Trinajstić information content (AvgIpc) is 3.53. The molecule has 3 aromatic carbocycles. The number of para-hydroxylation sites is 2. The number of imidazole rings is 1. The Labute approximate surface area is 189 Å². The number of rotatable bonds is 3. The highest BCUT2D eigenvalue weighted by Crippen LogP contribution is 2.31. The van der Waals surface area contributed by atoms with Crippen LogP contribution >= 0.6 is 0 Å². The summed E-state index contributed by atoms with van der Waals surface area (Å²) in [5.74, 6) is 0.164. The van der Waals surface area contributed by atoms with E-state index in [-0.39, 0.29) is 11.7 Å². The van der Waals surface area contributed by atoms with Gasteiger partial charge in [-0.2, -0.15) is 5.10 Å². The molecule has 5 aromatic rings. The second-order valence-electron chi connectivity index (χ2n) is 8.19. The fraction of sp³-hybridized carbons (Fsp3) is 0.115. The van der Waals surface area contributed by atoms with Crippen molar-refractivity contribution >= 4 is 22.9 Å². The van der Waals surface area contributed by atoms with Gasteiger partial charge in [0.05, 0.1) is 22.3 Å². The number of carbonyl (C=O) groups excluding carboxylic acids is 1. The molecule has 1 aliphatic heterocycles. The van der Waals surface area contributed by atoms with E-state index >= 15 is 0 Å². The number of nitrogens with zero attached hydrogens (tertiary/aromatic N) is 5. The topological polar surface area (TPSA) is 56.0 Å². The van der Waals surface area contributed by atoms with Crippen molar-refractivity contribution in [1.82, 2.24) is 19.3 Å². The van der Waals surface area contributed by atoms with Gasteiger partial charge in [-0.25, -0.2) is 14.1 Å². The van der Waals surface area contributed by atoms with Gasteiger partial charge in [0, 0.05) is 24.8 Å². The second-order valence-corrected chi connectivity index (χ2v) is 8.19.